The molecule has 0 saturated heterocycles. The molecule has 0 fully saturated rings. The van der Waals surface area contributed by atoms with Crippen molar-refractivity contribution in [3.8, 4) is 0 Å². The topological polar surface area (TPSA) is 80.9 Å². The van der Waals surface area contributed by atoms with Gasteiger partial charge in [-0.05, 0) is 34.0 Å². The summed E-state index contributed by atoms with van der Waals surface area (Å²) >= 11 is 5.97. The third-order valence-corrected chi connectivity index (χ3v) is 3.51. The van der Waals surface area contributed by atoms with Crippen molar-refractivity contribution < 1.29 is 9.90 Å². The molecule has 6 nitrogen and oxygen atoms in total. The highest BCUT2D eigenvalue weighted by Gasteiger charge is 2.23. The highest BCUT2D eigenvalue weighted by atomic mass is 35.5. The third-order valence-electron chi connectivity index (χ3n) is 3.28. The number of carbonyl (C=O) groups is 1. The van der Waals surface area contributed by atoms with Crippen molar-refractivity contribution in [3.63, 3.8) is 0 Å². The lowest BCUT2D eigenvalue weighted by molar-refractivity contribution is -0.138. The summed E-state index contributed by atoms with van der Waals surface area (Å²) in [5.74, 6) is -0.113. The van der Waals surface area contributed by atoms with Crippen LogP contribution in [-0.2, 0) is 11.2 Å². The molecule has 112 valence electrons. The van der Waals surface area contributed by atoms with Gasteiger partial charge in [0.25, 0.3) is 0 Å². The Morgan fingerprint density at radius 1 is 1.43 bits per heavy atom. The van der Waals surface area contributed by atoms with Crippen LogP contribution in [0.25, 0.3) is 0 Å². The van der Waals surface area contributed by atoms with Gasteiger partial charge in [-0.3, -0.25) is 4.79 Å². The van der Waals surface area contributed by atoms with E-state index in [1.165, 1.54) is 0 Å². The highest BCUT2D eigenvalue weighted by Crippen LogP contribution is 2.23. The molecule has 0 bridgehead atoms. The molecule has 0 aliphatic rings. The Kier molecular flexibility index (Phi) is 4.90. The molecule has 1 N–H and O–H groups in total. The Morgan fingerprint density at radius 2 is 2.19 bits per heavy atom. The highest BCUT2D eigenvalue weighted by molar-refractivity contribution is 6.30. The van der Waals surface area contributed by atoms with Gasteiger partial charge in [-0.25, -0.2) is 4.68 Å². The van der Waals surface area contributed by atoms with Gasteiger partial charge >= 0.3 is 5.97 Å². The van der Waals surface area contributed by atoms with Gasteiger partial charge in [-0.1, -0.05) is 37.6 Å². The number of nitrogens with zero attached hydrogens (tertiary/aromatic N) is 4. The number of benzene rings is 1. The summed E-state index contributed by atoms with van der Waals surface area (Å²) in [7, 11) is 0. The molecule has 1 aromatic heterocycles. The van der Waals surface area contributed by atoms with E-state index in [1.807, 2.05) is 32.0 Å². The van der Waals surface area contributed by atoms with Gasteiger partial charge in [0.05, 0.1) is 12.5 Å². The molecule has 0 amide bonds. The minimum Gasteiger partial charge on any atom is -0.481 e. The molecule has 1 unspecified atom stereocenters. The maximum Gasteiger partial charge on any atom is 0.305 e. The zero-order valence-corrected chi connectivity index (χ0v) is 12.7. The summed E-state index contributed by atoms with van der Waals surface area (Å²) in [5, 5.41) is 21.4. The third kappa shape index (κ3) is 4.01. The van der Waals surface area contributed by atoms with Crippen LogP contribution in [0.4, 0.5) is 0 Å². The smallest absolute Gasteiger partial charge is 0.305 e. The fourth-order valence-corrected chi connectivity index (χ4v) is 2.41. The van der Waals surface area contributed by atoms with Crippen LogP contribution < -0.4 is 0 Å². The van der Waals surface area contributed by atoms with Crippen molar-refractivity contribution in [2.24, 2.45) is 5.92 Å². The van der Waals surface area contributed by atoms with Crippen LogP contribution in [0.2, 0.25) is 5.02 Å². The van der Waals surface area contributed by atoms with E-state index in [1.54, 1.807) is 10.7 Å². The first kappa shape index (κ1) is 15.4. The summed E-state index contributed by atoms with van der Waals surface area (Å²) in [6.45, 7) is 3.91. The van der Waals surface area contributed by atoms with Gasteiger partial charge < -0.3 is 5.11 Å². The quantitative estimate of drug-likeness (QED) is 0.887. The molecule has 1 heterocycles. The fraction of sp³-hybridized carbons (Fsp3) is 0.429. The maximum atomic E-state index is 11.0. The normalized spacial score (nSPS) is 12.6. The molecular weight excluding hydrogens is 292 g/mol. The molecule has 0 spiro atoms. The number of tetrazole rings is 1. The van der Waals surface area contributed by atoms with Crippen molar-refractivity contribution in [3.05, 3.63) is 40.7 Å². The second-order valence-corrected chi connectivity index (χ2v) is 5.69. The van der Waals surface area contributed by atoms with Crippen molar-refractivity contribution in [1.29, 1.82) is 0 Å². The van der Waals surface area contributed by atoms with Crippen LogP contribution >= 0.6 is 11.6 Å². The number of aliphatic carboxylic acids is 1. The van der Waals surface area contributed by atoms with Gasteiger partial charge in [0.2, 0.25) is 0 Å². The minimum absolute atomic E-state index is 0.00868. The first-order valence-electron chi connectivity index (χ1n) is 6.70. The molecule has 7 heteroatoms. The molecule has 0 aliphatic heterocycles. The molecule has 0 radical (unpaired) electrons. The van der Waals surface area contributed by atoms with Crippen molar-refractivity contribution in [2.45, 2.75) is 32.7 Å². The molecule has 2 rings (SSSR count). The summed E-state index contributed by atoms with van der Waals surface area (Å²) < 4.78 is 1.61. The van der Waals surface area contributed by atoms with Crippen molar-refractivity contribution in [1.82, 2.24) is 20.2 Å². The summed E-state index contributed by atoms with van der Waals surface area (Å²) in [6, 6.07) is 7.18. The van der Waals surface area contributed by atoms with E-state index in [4.69, 9.17) is 16.7 Å². The standard InChI is InChI=1S/C14H17ClN4O2/c1-9(2)12(8-14(20)21)19-13(16-17-18-19)7-10-4-3-5-11(15)6-10/h3-6,9,12H,7-8H2,1-2H3,(H,20,21). The molecule has 1 aromatic carbocycles. The van der Waals surface area contributed by atoms with Crippen LogP contribution in [0.5, 0.6) is 0 Å². The van der Waals surface area contributed by atoms with Crippen LogP contribution in [0, 0.1) is 5.92 Å². The average Bonchev–Trinajstić information content (AvgIpc) is 2.83. The molecule has 21 heavy (non-hydrogen) atoms. The minimum atomic E-state index is -0.863. The fourth-order valence-electron chi connectivity index (χ4n) is 2.20. The Morgan fingerprint density at radius 3 is 2.81 bits per heavy atom. The van der Waals surface area contributed by atoms with Crippen molar-refractivity contribution >= 4 is 17.6 Å². The number of hydrogen-bond donors (Lipinski definition) is 1. The Balaban J connectivity index is 2.26. The molecular formula is C14H17ClN4O2. The zero-order valence-electron chi connectivity index (χ0n) is 11.9. The number of aromatic nitrogens is 4. The lowest BCUT2D eigenvalue weighted by Gasteiger charge is -2.20. The number of carboxylic acids is 1. The van der Waals surface area contributed by atoms with Gasteiger partial charge in [0.15, 0.2) is 5.82 Å². The summed E-state index contributed by atoms with van der Waals surface area (Å²) in [4.78, 5) is 11.0. The van der Waals surface area contributed by atoms with Gasteiger partial charge in [-0.15, -0.1) is 5.10 Å². The van der Waals surface area contributed by atoms with Crippen molar-refractivity contribution in [2.75, 3.05) is 0 Å². The van der Waals surface area contributed by atoms with E-state index >= 15 is 0 Å². The molecule has 1 atom stereocenters. The first-order valence-corrected chi connectivity index (χ1v) is 7.08. The van der Waals surface area contributed by atoms with E-state index in [2.05, 4.69) is 15.5 Å². The SMILES string of the molecule is CC(C)C(CC(=O)O)n1nnnc1Cc1cccc(Cl)c1. The number of carboxylic acid groups (broad SMARTS) is 1. The lowest BCUT2D eigenvalue weighted by atomic mass is 10.0. The van der Waals surface area contributed by atoms with E-state index in [0.717, 1.165) is 5.56 Å². The summed E-state index contributed by atoms with van der Waals surface area (Å²) in [6.07, 6.45) is 0.502. The lowest BCUT2D eigenvalue weighted by Crippen LogP contribution is -2.22. The predicted octanol–water partition coefficient (Wildman–Crippen LogP) is 2.59. The van der Waals surface area contributed by atoms with E-state index in [0.29, 0.717) is 17.3 Å². The first-order chi connectivity index (χ1) is 9.97. The second kappa shape index (κ2) is 6.67. The molecule has 2 aromatic rings. The predicted molar refractivity (Wildman–Crippen MR) is 78.2 cm³/mol. The van der Waals surface area contributed by atoms with Gasteiger partial charge in [0, 0.05) is 11.4 Å². The maximum absolute atomic E-state index is 11.0. The van der Waals surface area contributed by atoms with Gasteiger partial charge in [0.1, 0.15) is 0 Å². The number of halogens is 1. The molecule has 0 aliphatic carbocycles. The van der Waals surface area contributed by atoms with E-state index < -0.39 is 5.97 Å². The number of hydrogen-bond acceptors (Lipinski definition) is 4. The number of rotatable bonds is 6. The molecule has 0 saturated carbocycles. The second-order valence-electron chi connectivity index (χ2n) is 5.26. The van der Waals surface area contributed by atoms with Crippen LogP contribution in [0.3, 0.4) is 0 Å². The average molecular weight is 309 g/mol. The Labute approximate surface area is 127 Å². The van der Waals surface area contributed by atoms with Crippen LogP contribution in [0.15, 0.2) is 24.3 Å². The summed E-state index contributed by atoms with van der Waals surface area (Å²) in [5.41, 5.74) is 0.983. The Bertz CT molecular complexity index is 627. The van der Waals surface area contributed by atoms with Crippen LogP contribution in [0.1, 0.15) is 37.7 Å². The Hall–Kier alpha value is -1.95. The van der Waals surface area contributed by atoms with E-state index in [-0.39, 0.29) is 18.4 Å². The monoisotopic (exact) mass is 308 g/mol. The van der Waals surface area contributed by atoms with Gasteiger partial charge in [-0.2, -0.15) is 0 Å². The van der Waals surface area contributed by atoms with E-state index in [9.17, 15) is 4.79 Å². The van der Waals surface area contributed by atoms with Crippen LogP contribution in [-0.4, -0.2) is 31.3 Å². The zero-order chi connectivity index (χ0) is 15.4. The largest absolute Gasteiger partial charge is 0.481 e.